The lowest BCUT2D eigenvalue weighted by Crippen LogP contribution is -2.37. The summed E-state index contributed by atoms with van der Waals surface area (Å²) in [6, 6.07) is 28.3. The minimum absolute atomic E-state index is 0.00287. The van der Waals surface area contributed by atoms with E-state index in [1.54, 1.807) is 6.08 Å². The van der Waals surface area contributed by atoms with Crippen LogP contribution in [0.1, 0.15) is 23.1 Å². The number of rotatable bonds is 12. The highest BCUT2D eigenvalue weighted by Crippen LogP contribution is 2.21. The van der Waals surface area contributed by atoms with E-state index in [9.17, 15) is 4.79 Å². The van der Waals surface area contributed by atoms with Crippen molar-refractivity contribution < 1.29 is 14.3 Å². The zero-order valence-electron chi connectivity index (χ0n) is 20.9. The van der Waals surface area contributed by atoms with Crippen molar-refractivity contribution in [1.29, 1.82) is 0 Å². The summed E-state index contributed by atoms with van der Waals surface area (Å²) in [5.41, 5.74) is 3.26. The molecule has 0 unspecified atom stereocenters. The van der Waals surface area contributed by atoms with Gasteiger partial charge < -0.3 is 14.4 Å². The molecule has 0 atom stereocenters. The van der Waals surface area contributed by atoms with Crippen molar-refractivity contribution in [3.05, 3.63) is 108 Å². The molecule has 0 radical (unpaired) electrons. The first-order valence-electron chi connectivity index (χ1n) is 12.8. The van der Waals surface area contributed by atoms with Crippen LogP contribution in [-0.2, 0) is 22.5 Å². The van der Waals surface area contributed by atoms with Crippen LogP contribution in [0, 0.1) is 0 Å². The Labute approximate surface area is 215 Å². The first-order chi connectivity index (χ1) is 17.8. The molecule has 4 rings (SSSR count). The predicted octanol–water partition coefficient (Wildman–Crippen LogP) is 5.07. The molecule has 1 heterocycles. The van der Waals surface area contributed by atoms with Gasteiger partial charge in [-0.05, 0) is 36.1 Å². The number of hydrogen-bond donors (Lipinski definition) is 0. The van der Waals surface area contributed by atoms with Crippen molar-refractivity contribution in [2.75, 3.05) is 46.0 Å². The van der Waals surface area contributed by atoms with Gasteiger partial charge in [-0.1, -0.05) is 78.9 Å². The van der Waals surface area contributed by atoms with Crippen LogP contribution >= 0.6 is 0 Å². The number of benzene rings is 3. The minimum Gasteiger partial charge on any atom is -0.493 e. The molecule has 1 amide bonds. The zero-order chi connectivity index (χ0) is 24.8. The zero-order valence-corrected chi connectivity index (χ0v) is 20.9. The van der Waals surface area contributed by atoms with Gasteiger partial charge in [0.05, 0.1) is 19.8 Å². The van der Waals surface area contributed by atoms with E-state index in [0.29, 0.717) is 19.7 Å². The lowest BCUT2D eigenvalue weighted by molar-refractivity contribution is -0.126. The third-order valence-electron chi connectivity index (χ3n) is 6.36. The van der Waals surface area contributed by atoms with Gasteiger partial charge in [-0.15, -0.1) is 0 Å². The Morgan fingerprint density at radius 1 is 0.917 bits per heavy atom. The molecule has 0 saturated carbocycles. The molecule has 1 aliphatic heterocycles. The lowest BCUT2D eigenvalue weighted by Gasteiger charge is -2.26. The molecule has 0 N–H and O–H groups in total. The van der Waals surface area contributed by atoms with Crippen molar-refractivity contribution in [2.45, 2.75) is 19.4 Å². The summed E-state index contributed by atoms with van der Waals surface area (Å²) < 4.78 is 11.6. The molecule has 1 saturated heterocycles. The van der Waals surface area contributed by atoms with Crippen molar-refractivity contribution in [3.63, 3.8) is 0 Å². The van der Waals surface area contributed by atoms with E-state index in [-0.39, 0.29) is 5.91 Å². The Morgan fingerprint density at radius 3 is 2.39 bits per heavy atom. The monoisotopic (exact) mass is 484 g/mol. The molecule has 0 spiro atoms. The van der Waals surface area contributed by atoms with Gasteiger partial charge in [-0.25, -0.2) is 0 Å². The van der Waals surface area contributed by atoms with Crippen LogP contribution < -0.4 is 4.74 Å². The number of ether oxygens (including phenoxy) is 2. The Balaban J connectivity index is 1.40. The first-order valence-corrected chi connectivity index (χ1v) is 12.8. The molecule has 3 aromatic carbocycles. The molecule has 36 heavy (non-hydrogen) atoms. The van der Waals surface area contributed by atoms with Crippen molar-refractivity contribution >= 4 is 12.0 Å². The average Bonchev–Trinajstić information content (AvgIpc) is 2.94. The fourth-order valence-electron chi connectivity index (χ4n) is 4.29. The van der Waals surface area contributed by atoms with Gasteiger partial charge in [0.2, 0.25) is 5.91 Å². The second kappa shape index (κ2) is 14.2. The minimum atomic E-state index is -0.00287. The summed E-state index contributed by atoms with van der Waals surface area (Å²) in [6.07, 6.45) is 5.32. The second-order valence-electron chi connectivity index (χ2n) is 9.00. The number of carbonyl (C=O) groups is 1. The summed E-state index contributed by atoms with van der Waals surface area (Å²) in [6.45, 7) is 6.41. The van der Waals surface area contributed by atoms with E-state index in [2.05, 4.69) is 23.1 Å². The fourth-order valence-corrected chi connectivity index (χ4v) is 4.29. The number of amides is 1. The highest BCUT2D eigenvalue weighted by atomic mass is 16.5. The normalized spacial score (nSPS) is 14.1. The van der Waals surface area contributed by atoms with Gasteiger partial charge in [0.15, 0.2) is 0 Å². The second-order valence-corrected chi connectivity index (χ2v) is 9.00. The van der Waals surface area contributed by atoms with Crippen molar-refractivity contribution in [2.24, 2.45) is 0 Å². The standard InChI is InChI=1S/C31H36N2O3/c34-31(17-16-27-10-3-1-4-11-27)33(20-18-28-12-5-2-6-13-28)26-29-14-7-8-15-30(29)36-23-9-19-32-21-24-35-25-22-32/h1-8,10-17H,9,18-26H2. The molecule has 3 aromatic rings. The SMILES string of the molecule is O=C(C=Cc1ccccc1)N(CCc1ccccc1)Cc1ccccc1OCCCN1CCOCC1. The summed E-state index contributed by atoms with van der Waals surface area (Å²) in [4.78, 5) is 17.6. The van der Waals surface area contributed by atoms with E-state index in [1.165, 1.54) is 5.56 Å². The Hall–Kier alpha value is -3.41. The molecule has 0 aliphatic carbocycles. The Kier molecular flexibility index (Phi) is 10.1. The molecule has 0 bridgehead atoms. The van der Waals surface area contributed by atoms with E-state index < -0.39 is 0 Å². The van der Waals surface area contributed by atoms with Crippen LogP contribution in [0.3, 0.4) is 0 Å². The predicted molar refractivity (Wildman–Crippen MR) is 145 cm³/mol. The van der Waals surface area contributed by atoms with Gasteiger partial charge in [-0.2, -0.15) is 0 Å². The Morgan fingerprint density at radius 2 is 1.61 bits per heavy atom. The van der Waals surface area contributed by atoms with Crippen LogP contribution in [0.15, 0.2) is 91.0 Å². The summed E-state index contributed by atoms with van der Waals surface area (Å²) >= 11 is 0. The molecule has 0 aromatic heterocycles. The summed E-state index contributed by atoms with van der Waals surface area (Å²) in [5.74, 6) is 0.848. The van der Waals surface area contributed by atoms with Gasteiger partial charge >= 0.3 is 0 Å². The Bertz CT molecular complexity index is 1080. The van der Waals surface area contributed by atoms with Gasteiger partial charge in [0.25, 0.3) is 0 Å². The highest BCUT2D eigenvalue weighted by Gasteiger charge is 2.15. The number of carbonyl (C=O) groups excluding carboxylic acids is 1. The third kappa shape index (κ3) is 8.36. The quantitative estimate of drug-likeness (QED) is 0.266. The summed E-state index contributed by atoms with van der Waals surface area (Å²) in [7, 11) is 0. The largest absolute Gasteiger partial charge is 0.493 e. The maximum atomic E-state index is 13.3. The molecular formula is C31H36N2O3. The molecule has 188 valence electrons. The fraction of sp³-hybridized carbons (Fsp3) is 0.323. The lowest BCUT2D eigenvalue weighted by atomic mass is 10.1. The van der Waals surface area contributed by atoms with Crippen LogP contribution in [0.2, 0.25) is 0 Å². The molecule has 5 nitrogen and oxygen atoms in total. The van der Waals surface area contributed by atoms with Crippen molar-refractivity contribution in [3.8, 4) is 5.75 Å². The molecular weight excluding hydrogens is 448 g/mol. The number of para-hydroxylation sites is 1. The van der Waals surface area contributed by atoms with Crippen LogP contribution in [0.4, 0.5) is 0 Å². The number of morpholine rings is 1. The number of nitrogens with zero attached hydrogens (tertiary/aromatic N) is 2. The van der Waals surface area contributed by atoms with E-state index in [0.717, 1.165) is 62.6 Å². The van der Waals surface area contributed by atoms with Crippen molar-refractivity contribution in [1.82, 2.24) is 9.80 Å². The van der Waals surface area contributed by atoms with Gasteiger partial charge in [0.1, 0.15) is 5.75 Å². The molecule has 1 fully saturated rings. The number of hydrogen-bond acceptors (Lipinski definition) is 4. The van der Waals surface area contributed by atoms with Crippen LogP contribution in [-0.4, -0.2) is 61.7 Å². The first kappa shape index (κ1) is 25.7. The van der Waals surface area contributed by atoms with E-state index in [4.69, 9.17) is 9.47 Å². The van der Waals surface area contributed by atoms with Crippen LogP contribution in [0.5, 0.6) is 5.75 Å². The van der Waals surface area contributed by atoms with Gasteiger partial charge in [-0.3, -0.25) is 9.69 Å². The molecule has 5 heteroatoms. The van der Waals surface area contributed by atoms with Gasteiger partial charge in [0, 0.05) is 44.4 Å². The topological polar surface area (TPSA) is 42.0 Å². The average molecular weight is 485 g/mol. The highest BCUT2D eigenvalue weighted by molar-refractivity contribution is 5.91. The molecule has 1 aliphatic rings. The maximum Gasteiger partial charge on any atom is 0.246 e. The summed E-state index contributed by atoms with van der Waals surface area (Å²) in [5, 5.41) is 0. The smallest absolute Gasteiger partial charge is 0.246 e. The van der Waals surface area contributed by atoms with E-state index >= 15 is 0 Å². The van der Waals surface area contributed by atoms with E-state index in [1.807, 2.05) is 77.7 Å². The maximum absolute atomic E-state index is 13.3. The van der Waals surface area contributed by atoms with Crippen LogP contribution in [0.25, 0.3) is 6.08 Å². The third-order valence-corrected chi connectivity index (χ3v) is 6.36.